The van der Waals surface area contributed by atoms with Gasteiger partial charge in [-0.3, -0.25) is 9.79 Å². The van der Waals surface area contributed by atoms with Gasteiger partial charge in [0, 0.05) is 46.2 Å². The summed E-state index contributed by atoms with van der Waals surface area (Å²) in [6, 6.07) is 14.8. The molecule has 3 rings (SSSR count). The van der Waals surface area contributed by atoms with E-state index < -0.39 is 0 Å². The van der Waals surface area contributed by atoms with Gasteiger partial charge in [-0.1, -0.05) is 36.4 Å². The zero-order chi connectivity index (χ0) is 20.6. The molecule has 1 N–H and O–H groups in total. The van der Waals surface area contributed by atoms with Gasteiger partial charge in [-0.2, -0.15) is 0 Å². The first-order valence-corrected chi connectivity index (χ1v) is 10.1. The third-order valence-electron chi connectivity index (χ3n) is 5.01. The van der Waals surface area contributed by atoms with Crippen molar-refractivity contribution in [2.75, 3.05) is 20.1 Å². The van der Waals surface area contributed by atoms with Crippen LogP contribution in [0, 0.1) is 5.82 Å². The Morgan fingerprint density at radius 2 is 1.87 bits per heavy atom. The highest BCUT2D eigenvalue weighted by molar-refractivity contribution is 14.0. The first-order chi connectivity index (χ1) is 14.1. The van der Waals surface area contributed by atoms with E-state index in [2.05, 4.69) is 22.4 Å². The lowest BCUT2D eigenvalue weighted by Gasteiger charge is -2.22. The first-order valence-electron chi connectivity index (χ1n) is 10.1. The van der Waals surface area contributed by atoms with Crippen LogP contribution < -0.4 is 5.32 Å². The van der Waals surface area contributed by atoms with Gasteiger partial charge in [-0.25, -0.2) is 4.39 Å². The van der Waals surface area contributed by atoms with Crippen molar-refractivity contribution < 1.29 is 9.18 Å². The van der Waals surface area contributed by atoms with Crippen LogP contribution in [0.25, 0.3) is 0 Å². The normalized spacial score (nSPS) is 12.9. The summed E-state index contributed by atoms with van der Waals surface area (Å²) in [5.74, 6) is 0.702. The molecule has 0 aromatic heterocycles. The SMILES string of the molecule is CCNC(=NCCCC(=O)N1Cc2ccccc2C1)N(C)Cc1cccc(F)c1.I. The van der Waals surface area contributed by atoms with E-state index in [4.69, 9.17) is 0 Å². The summed E-state index contributed by atoms with van der Waals surface area (Å²) in [6.45, 7) is 5.31. The molecule has 162 valence electrons. The van der Waals surface area contributed by atoms with Gasteiger partial charge < -0.3 is 15.1 Å². The standard InChI is InChI=1S/C23H29FN4O.HI/c1-3-25-23(27(2)15-18-8-6-11-21(24)14-18)26-13-7-12-22(29)28-16-19-9-4-5-10-20(19)17-28;/h4-6,8-11,14H,3,7,12-13,15-17H2,1-2H3,(H,25,26);1H. The molecule has 7 heteroatoms. The van der Waals surface area contributed by atoms with E-state index in [0.717, 1.165) is 18.1 Å². The molecule has 30 heavy (non-hydrogen) atoms. The van der Waals surface area contributed by atoms with Crippen molar-refractivity contribution in [2.24, 2.45) is 4.99 Å². The maximum absolute atomic E-state index is 13.4. The van der Waals surface area contributed by atoms with Crippen molar-refractivity contribution in [1.29, 1.82) is 0 Å². The van der Waals surface area contributed by atoms with Gasteiger partial charge in [0.1, 0.15) is 5.82 Å². The number of fused-ring (bicyclic) bond motifs is 1. The summed E-state index contributed by atoms with van der Waals surface area (Å²) < 4.78 is 13.4. The maximum atomic E-state index is 13.4. The molecule has 0 radical (unpaired) electrons. The molecule has 5 nitrogen and oxygen atoms in total. The van der Waals surface area contributed by atoms with Crippen molar-refractivity contribution in [3.8, 4) is 0 Å². The van der Waals surface area contributed by atoms with Crippen LogP contribution in [0.5, 0.6) is 0 Å². The van der Waals surface area contributed by atoms with Gasteiger partial charge >= 0.3 is 0 Å². The number of halogens is 2. The molecule has 1 amide bonds. The predicted molar refractivity (Wildman–Crippen MR) is 129 cm³/mol. The third-order valence-corrected chi connectivity index (χ3v) is 5.01. The van der Waals surface area contributed by atoms with E-state index in [9.17, 15) is 9.18 Å². The lowest BCUT2D eigenvalue weighted by atomic mass is 10.1. The van der Waals surface area contributed by atoms with E-state index in [1.165, 1.54) is 23.3 Å². The molecule has 0 spiro atoms. The monoisotopic (exact) mass is 524 g/mol. The molecule has 0 bridgehead atoms. The van der Waals surface area contributed by atoms with Crippen LogP contribution in [-0.4, -0.2) is 41.8 Å². The smallest absolute Gasteiger partial charge is 0.223 e. The first kappa shape index (κ1) is 24.1. The molecule has 0 unspecified atom stereocenters. The number of hydrogen-bond acceptors (Lipinski definition) is 2. The molecule has 0 aliphatic carbocycles. The fourth-order valence-corrected chi connectivity index (χ4v) is 3.54. The largest absolute Gasteiger partial charge is 0.357 e. The van der Waals surface area contributed by atoms with E-state index in [1.54, 1.807) is 6.07 Å². The average molecular weight is 524 g/mol. The number of nitrogens with one attached hydrogen (secondary N) is 1. The Morgan fingerprint density at radius 3 is 2.50 bits per heavy atom. The number of rotatable bonds is 7. The lowest BCUT2D eigenvalue weighted by molar-refractivity contribution is -0.131. The summed E-state index contributed by atoms with van der Waals surface area (Å²) in [5.41, 5.74) is 3.38. The topological polar surface area (TPSA) is 47.9 Å². The fraction of sp³-hybridized carbons (Fsp3) is 0.391. The Balaban J connectivity index is 0.00000320. The zero-order valence-electron chi connectivity index (χ0n) is 17.6. The van der Waals surface area contributed by atoms with Gasteiger partial charge in [0.2, 0.25) is 5.91 Å². The summed E-state index contributed by atoms with van der Waals surface area (Å²) in [7, 11) is 1.93. The minimum Gasteiger partial charge on any atom is -0.357 e. The molecule has 0 atom stereocenters. The summed E-state index contributed by atoms with van der Waals surface area (Å²) in [6.07, 6.45) is 1.19. The van der Waals surface area contributed by atoms with E-state index >= 15 is 0 Å². The summed E-state index contributed by atoms with van der Waals surface area (Å²) in [4.78, 5) is 21.0. The maximum Gasteiger partial charge on any atom is 0.223 e. The minimum absolute atomic E-state index is 0. The molecule has 1 aliphatic heterocycles. The highest BCUT2D eigenvalue weighted by Crippen LogP contribution is 2.22. The van der Waals surface area contributed by atoms with Gasteiger partial charge in [0.15, 0.2) is 5.96 Å². The van der Waals surface area contributed by atoms with Crippen molar-refractivity contribution >= 4 is 35.8 Å². The van der Waals surface area contributed by atoms with Crippen LogP contribution in [-0.2, 0) is 24.4 Å². The average Bonchev–Trinajstić information content (AvgIpc) is 3.14. The van der Waals surface area contributed by atoms with Crippen LogP contribution in [0.4, 0.5) is 4.39 Å². The molecule has 2 aromatic rings. The quantitative estimate of drug-likeness (QED) is 0.256. The van der Waals surface area contributed by atoms with Gasteiger partial charge in [0.05, 0.1) is 0 Å². The second-order valence-corrected chi connectivity index (χ2v) is 7.34. The second kappa shape index (κ2) is 11.9. The molecule has 1 aliphatic rings. The highest BCUT2D eigenvalue weighted by atomic mass is 127. The van der Waals surface area contributed by atoms with Gasteiger partial charge in [-0.15, -0.1) is 24.0 Å². The second-order valence-electron chi connectivity index (χ2n) is 7.34. The number of hydrogen-bond donors (Lipinski definition) is 1. The number of benzene rings is 2. The Bertz CT molecular complexity index is 849. The molecule has 0 saturated carbocycles. The van der Waals surface area contributed by atoms with E-state index in [1.807, 2.05) is 42.0 Å². The number of amides is 1. The summed E-state index contributed by atoms with van der Waals surface area (Å²) >= 11 is 0. The Morgan fingerprint density at radius 1 is 1.17 bits per heavy atom. The third kappa shape index (κ3) is 6.68. The van der Waals surface area contributed by atoms with E-state index in [-0.39, 0.29) is 35.7 Å². The zero-order valence-corrected chi connectivity index (χ0v) is 19.9. The molecule has 1 heterocycles. The highest BCUT2D eigenvalue weighted by Gasteiger charge is 2.22. The van der Waals surface area contributed by atoms with Crippen LogP contribution in [0.15, 0.2) is 53.5 Å². The number of nitrogens with zero attached hydrogens (tertiary/aromatic N) is 3. The molecular weight excluding hydrogens is 494 g/mol. The van der Waals surface area contributed by atoms with Crippen LogP contribution in [0.3, 0.4) is 0 Å². The number of aliphatic imine (C=N–C) groups is 1. The Labute approximate surface area is 195 Å². The number of carbonyl (C=O) groups is 1. The molecule has 2 aromatic carbocycles. The lowest BCUT2D eigenvalue weighted by Crippen LogP contribution is -2.38. The molecule has 0 fully saturated rings. The molecular formula is C23H30FIN4O. The molecule has 0 saturated heterocycles. The van der Waals surface area contributed by atoms with Crippen LogP contribution in [0.1, 0.15) is 36.5 Å². The van der Waals surface area contributed by atoms with Crippen LogP contribution >= 0.6 is 24.0 Å². The fourth-order valence-electron chi connectivity index (χ4n) is 3.54. The number of carbonyl (C=O) groups excluding carboxylic acids is 1. The van der Waals surface area contributed by atoms with Crippen molar-refractivity contribution in [3.05, 3.63) is 71.0 Å². The van der Waals surface area contributed by atoms with Crippen molar-refractivity contribution in [1.82, 2.24) is 15.1 Å². The predicted octanol–water partition coefficient (Wildman–Crippen LogP) is 4.16. The van der Waals surface area contributed by atoms with E-state index in [0.29, 0.717) is 39.0 Å². The van der Waals surface area contributed by atoms with Crippen molar-refractivity contribution in [2.45, 2.75) is 39.4 Å². The van der Waals surface area contributed by atoms with Gasteiger partial charge in [0.25, 0.3) is 0 Å². The Hall–Kier alpha value is -2.16. The van der Waals surface area contributed by atoms with Gasteiger partial charge in [-0.05, 0) is 42.2 Å². The Kier molecular flexibility index (Phi) is 9.55. The summed E-state index contributed by atoms with van der Waals surface area (Å²) in [5, 5.41) is 3.26. The number of guanidine groups is 1. The van der Waals surface area contributed by atoms with Crippen LogP contribution in [0.2, 0.25) is 0 Å². The minimum atomic E-state index is -0.236. The van der Waals surface area contributed by atoms with Crippen molar-refractivity contribution in [3.63, 3.8) is 0 Å².